The Morgan fingerprint density at radius 1 is 0.938 bits per heavy atom. The molecular weight excluding hydrogens is 191 g/mol. The Labute approximate surface area is 104 Å². The average Bonchev–Trinajstić information content (AvgIpc) is 2.25. The van der Waals surface area contributed by atoms with Crippen LogP contribution in [-0.4, -0.2) is 7.85 Å². The SMILES string of the molecule is [B]C(CCCCC)(CCCCCC)C(=C)C. The summed E-state index contributed by atoms with van der Waals surface area (Å²) >= 11 is 0. The van der Waals surface area contributed by atoms with Crippen LogP contribution in [0.15, 0.2) is 12.2 Å². The topological polar surface area (TPSA) is 0 Å². The smallest absolute Gasteiger partial charge is 0.0805 e. The molecule has 0 saturated carbocycles. The standard InChI is InChI=1S/C15H29B/c1-5-7-9-11-13-15(16,14(3)4)12-10-8-6-2/h3,5-13H2,1-2,4H3. The quantitative estimate of drug-likeness (QED) is 0.261. The summed E-state index contributed by atoms with van der Waals surface area (Å²) in [6.07, 6.45) is 11.2. The molecule has 0 aliphatic heterocycles. The van der Waals surface area contributed by atoms with Gasteiger partial charge in [0.05, 0.1) is 7.85 Å². The molecule has 92 valence electrons. The molecule has 0 spiro atoms. The minimum atomic E-state index is -0.0943. The summed E-state index contributed by atoms with van der Waals surface area (Å²) in [5, 5.41) is -0.0943. The molecule has 2 radical (unpaired) electrons. The van der Waals surface area contributed by atoms with Crippen LogP contribution in [-0.2, 0) is 0 Å². The van der Waals surface area contributed by atoms with E-state index in [0.29, 0.717) is 0 Å². The molecule has 0 saturated heterocycles. The Kier molecular flexibility index (Phi) is 8.79. The maximum Gasteiger partial charge on any atom is 0.0805 e. The lowest BCUT2D eigenvalue weighted by atomic mass is 9.59. The molecule has 0 aliphatic rings. The van der Waals surface area contributed by atoms with E-state index >= 15 is 0 Å². The first kappa shape index (κ1) is 15.8. The highest BCUT2D eigenvalue weighted by Crippen LogP contribution is 2.41. The first-order chi connectivity index (χ1) is 7.56. The lowest BCUT2D eigenvalue weighted by Crippen LogP contribution is -2.14. The normalized spacial score (nSPS) is 14.7. The molecule has 1 atom stereocenters. The van der Waals surface area contributed by atoms with Gasteiger partial charge in [-0.2, -0.15) is 0 Å². The van der Waals surface area contributed by atoms with E-state index in [2.05, 4.69) is 27.4 Å². The summed E-state index contributed by atoms with van der Waals surface area (Å²) in [6, 6.07) is 0. The third kappa shape index (κ3) is 6.40. The van der Waals surface area contributed by atoms with E-state index in [1.165, 1.54) is 50.5 Å². The number of allylic oxidation sites excluding steroid dienone is 1. The van der Waals surface area contributed by atoms with Crippen LogP contribution in [0.4, 0.5) is 0 Å². The van der Waals surface area contributed by atoms with Crippen molar-refractivity contribution in [2.75, 3.05) is 0 Å². The zero-order valence-corrected chi connectivity index (χ0v) is 11.6. The summed E-state index contributed by atoms with van der Waals surface area (Å²) < 4.78 is 0. The minimum absolute atomic E-state index is 0.0943. The van der Waals surface area contributed by atoms with Crippen LogP contribution in [0.2, 0.25) is 5.31 Å². The van der Waals surface area contributed by atoms with Crippen molar-refractivity contribution < 1.29 is 0 Å². The van der Waals surface area contributed by atoms with E-state index in [9.17, 15) is 0 Å². The van der Waals surface area contributed by atoms with Crippen LogP contribution in [0, 0.1) is 0 Å². The second-order valence-electron chi connectivity index (χ2n) is 5.20. The van der Waals surface area contributed by atoms with Crippen molar-refractivity contribution in [2.45, 2.75) is 83.9 Å². The molecule has 1 unspecified atom stereocenters. The van der Waals surface area contributed by atoms with Gasteiger partial charge in [0.2, 0.25) is 0 Å². The van der Waals surface area contributed by atoms with E-state index in [-0.39, 0.29) is 5.31 Å². The maximum atomic E-state index is 6.46. The highest BCUT2D eigenvalue weighted by Gasteiger charge is 2.23. The lowest BCUT2D eigenvalue weighted by molar-refractivity contribution is 0.477. The Balaban J connectivity index is 3.96. The van der Waals surface area contributed by atoms with E-state index in [0.717, 1.165) is 12.8 Å². The van der Waals surface area contributed by atoms with Gasteiger partial charge in [0.25, 0.3) is 0 Å². The zero-order chi connectivity index (χ0) is 12.4. The van der Waals surface area contributed by atoms with Crippen molar-refractivity contribution in [2.24, 2.45) is 0 Å². The van der Waals surface area contributed by atoms with Crippen molar-refractivity contribution in [3.63, 3.8) is 0 Å². The monoisotopic (exact) mass is 220 g/mol. The average molecular weight is 220 g/mol. The fraction of sp³-hybridized carbons (Fsp3) is 0.867. The van der Waals surface area contributed by atoms with Crippen LogP contribution in [0.25, 0.3) is 0 Å². The molecule has 16 heavy (non-hydrogen) atoms. The Morgan fingerprint density at radius 2 is 1.38 bits per heavy atom. The third-order valence-corrected chi connectivity index (χ3v) is 3.55. The predicted molar refractivity (Wildman–Crippen MR) is 76.2 cm³/mol. The van der Waals surface area contributed by atoms with E-state index in [1.807, 2.05) is 0 Å². The zero-order valence-electron chi connectivity index (χ0n) is 11.6. The molecule has 0 amide bonds. The molecule has 1 heteroatoms. The van der Waals surface area contributed by atoms with Gasteiger partial charge in [-0.3, -0.25) is 0 Å². The minimum Gasteiger partial charge on any atom is -0.100 e. The summed E-state index contributed by atoms with van der Waals surface area (Å²) in [4.78, 5) is 0. The fourth-order valence-electron chi connectivity index (χ4n) is 2.11. The molecule has 0 aromatic rings. The second-order valence-corrected chi connectivity index (χ2v) is 5.20. The van der Waals surface area contributed by atoms with E-state index in [4.69, 9.17) is 7.85 Å². The van der Waals surface area contributed by atoms with Crippen LogP contribution >= 0.6 is 0 Å². The van der Waals surface area contributed by atoms with Gasteiger partial charge in [0.1, 0.15) is 0 Å². The van der Waals surface area contributed by atoms with Crippen molar-refractivity contribution in [3.05, 3.63) is 12.2 Å². The summed E-state index contributed by atoms with van der Waals surface area (Å²) in [7, 11) is 6.46. The van der Waals surface area contributed by atoms with Gasteiger partial charge >= 0.3 is 0 Å². The highest BCUT2D eigenvalue weighted by atomic mass is 14.2. The number of unbranched alkanes of at least 4 members (excludes halogenated alkanes) is 5. The van der Waals surface area contributed by atoms with Crippen molar-refractivity contribution in [1.82, 2.24) is 0 Å². The Morgan fingerprint density at radius 3 is 1.81 bits per heavy atom. The van der Waals surface area contributed by atoms with Crippen LogP contribution in [0.3, 0.4) is 0 Å². The summed E-state index contributed by atoms with van der Waals surface area (Å²) in [5.74, 6) is 0. The van der Waals surface area contributed by atoms with Gasteiger partial charge in [0.15, 0.2) is 0 Å². The number of hydrogen-bond donors (Lipinski definition) is 0. The predicted octanol–water partition coefficient (Wildman–Crippen LogP) is 5.44. The molecule has 0 aromatic carbocycles. The maximum absolute atomic E-state index is 6.46. The molecule has 0 bridgehead atoms. The van der Waals surface area contributed by atoms with Crippen molar-refractivity contribution >= 4 is 7.85 Å². The first-order valence-corrected chi connectivity index (χ1v) is 7.01. The molecule has 0 fully saturated rings. The Hall–Kier alpha value is -0.195. The van der Waals surface area contributed by atoms with Gasteiger partial charge in [-0.1, -0.05) is 77.2 Å². The molecule has 0 rings (SSSR count). The van der Waals surface area contributed by atoms with Crippen LogP contribution in [0.1, 0.15) is 78.6 Å². The van der Waals surface area contributed by atoms with E-state index in [1.54, 1.807) is 0 Å². The van der Waals surface area contributed by atoms with Gasteiger partial charge in [-0.05, 0) is 12.2 Å². The van der Waals surface area contributed by atoms with Gasteiger partial charge in [-0.15, -0.1) is 6.58 Å². The van der Waals surface area contributed by atoms with E-state index < -0.39 is 0 Å². The van der Waals surface area contributed by atoms with Crippen LogP contribution < -0.4 is 0 Å². The van der Waals surface area contributed by atoms with Crippen molar-refractivity contribution in [3.8, 4) is 0 Å². The van der Waals surface area contributed by atoms with Gasteiger partial charge < -0.3 is 0 Å². The largest absolute Gasteiger partial charge is 0.100 e. The molecule has 0 nitrogen and oxygen atoms in total. The second kappa shape index (κ2) is 8.90. The lowest BCUT2D eigenvalue weighted by Gasteiger charge is -2.31. The summed E-state index contributed by atoms with van der Waals surface area (Å²) in [5.41, 5.74) is 1.17. The highest BCUT2D eigenvalue weighted by molar-refractivity contribution is 6.17. The fourth-order valence-corrected chi connectivity index (χ4v) is 2.11. The van der Waals surface area contributed by atoms with Gasteiger partial charge in [0, 0.05) is 0 Å². The van der Waals surface area contributed by atoms with Crippen molar-refractivity contribution in [1.29, 1.82) is 0 Å². The molecular formula is C15H29B. The van der Waals surface area contributed by atoms with Crippen LogP contribution in [0.5, 0.6) is 0 Å². The molecule has 0 aromatic heterocycles. The first-order valence-electron chi connectivity index (χ1n) is 7.01. The number of rotatable bonds is 10. The Bertz CT molecular complexity index is 186. The molecule has 0 heterocycles. The summed E-state index contributed by atoms with van der Waals surface area (Å²) in [6.45, 7) is 10.7. The third-order valence-electron chi connectivity index (χ3n) is 3.55. The molecule has 0 N–H and O–H groups in total. The van der Waals surface area contributed by atoms with Gasteiger partial charge in [-0.25, -0.2) is 0 Å². The number of hydrogen-bond acceptors (Lipinski definition) is 0. The molecule has 0 aliphatic carbocycles.